The van der Waals surface area contributed by atoms with Crippen LogP contribution in [0.15, 0.2) is 64.5 Å². The number of esters is 1. The first kappa shape index (κ1) is 20.9. The number of aliphatic hydroxyl groups is 2. The van der Waals surface area contributed by atoms with Gasteiger partial charge in [-0.15, -0.1) is 0 Å². The smallest absolute Gasteiger partial charge is 0.343 e. The molecule has 5 atom stereocenters. The Morgan fingerprint density at radius 3 is 2.83 bits per heavy atom. The molecule has 5 nitrogen and oxygen atoms in total. The standard InChI is InChI=1S/C25H30O5/c1-16-6-9-21-24(2,11-10-22(27)25(21,3)15-26)20(16)8-7-17-13-19(30-23(17)28)14-18-5-4-12-29-18/h4-5,7-8,12-14,20-22,26-27H,1,6,9-11,15H2,2-3H3/b8-7+,19-14-/t20-,21+,22-,24+,25+/m1/s1. The van der Waals surface area contributed by atoms with Gasteiger partial charge >= 0.3 is 5.97 Å². The van der Waals surface area contributed by atoms with E-state index in [9.17, 15) is 15.0 Å². The van der Waals surface area contributed by atoms with Gasteiger partial charge < -0.3 is 19.4 Å². The van der Waals surface area contributed by atoms with Gasteiger partial charge in [-0.2, -0.15) is 0 Å². The number of furan rings is 1. The second kappa shape index (κ2) is 7.71. The number of aliphatic hydroxyl groups excluding tert-OH is 2. The van der Waals surface area contributed by atoms with E-state index >= 15 is 0 Å². The molecule has 2 fully saturated rings. The van der Waals surface area contributed by atoms with Gasteiger partial charge in [0.2, 0.25) is 0 Å². The summed E-state index contributed by atoms with van der Waals surface area (Å²) in [5.41, 5.74) is 0.982. The summed E-state index contributed by atoms with van der Waals surface area (Å²) in [5.74, 6) is 0.944. The van der Waals surface area contributed by atoms with Crippen LogP contribution in [0.3, 0.4) is 0 Å². The molecule has 4 rings (SSSR count). The number of fused-ring (bicyclic) bond motifs is 1. The van der Waals surface area contributed by atoms with E-state index in [-0.39, 0.29) is 29.8 Å². The fourth-order valence-electron chi connectivity index (χ4n) is 5.80. The predicted octanol–water partition coefficient (Wildman–Crippen LogP) is 4.40. The van der Waals surface area contributed by atoms with Crippen molar-refractivity contribution in [2.75, 3.05) is 6.61 Å². The molecule has 2 aliphatic carbocycles. The van der Waals surface area contributed by atoms with Crippen molar-refractivity contribution < 1.29 is 24.2 Å². The van der Waals surface area contributed by atoms with Crippen molar-refractivity contribution in [1.82, 2.24) is 0 Å². The molecule has 1 aromatic rings. The lowest BCUT2D eigenvalue weighted by atomic mass is 9.46. The Morgan fingerprint density at radius 2 is 2.13 bits per heavy atom. The maximum absolute atomic E-state index is 12.3. The van der Waals surface area contributed by atoms with Crippen LogP contribution in [0.25, 0.3) is 6.08 Å². The molecule has 2 heterocycles. The molecule has 30 heavy (non-hydrogen) atoms. The number of cyclic esters (lactones) is 1. The third-order valence-electron chi connectivity index (χ3n) is 7.59. The maximum atomic E-state index is 12.3. The number of carbonyl (C=O) groups excluding carboxylic acids is 1. The van der Waals surface area contributed by atoms with Crippen molar-refractivity contribution >= 4 is 12.0 Å². The van der Waals surface area contributed by atoms with Gasteiger partial charge in [0.1, 0.15) is 11.5 Å². The van der Waals surface area contributed by atoms with Crippen molar-refractivity contribution in [3.05, 3.63) is 65.9 Å². The number of rotatable bonds is 4. The van der Waals surface area contributed by atoms with Gasteiger partial charge in [-0.1, -0.05) is 38.2 Å². The summed E-state index contributed by atoms with van der Waals surface area (Å²) in [4.78, 5) is 12.3. The summed E-state index contributed by atoms with van der Waals surface area (Å²) in [7, 11) is 0. The van der Waals surface area contributed by atoms with Crippen molar-refractivity contribution in [2.45, 2.75) is 45.6 Å². The zero-order chi connectivity index (χ0) is 21.5. The first-order valence-corrected chi connectivity index (χ1v) is 10.6. The van der Waals surface area contributed by atoms with Crippen LogP contribution in [-0.2, 0) is 9.53 Å². The van der Waals surface area contributed by atoms with Crippen molar-refractivity contribution in [3.8, 4) is 0 Å². The minimum atomic E-state index is -0.524. The average Bonchev–Trinajstić information content (AvgIpc) is 3.34. The van der Waals surface area contributed by atoms with E-state index in [2.05, 4.69) is 19.6 Å². The van der Waals surface area contributed by atoms with Crippen molar-refractivity contribution in [2.24, 2.45) is 22.7 Å². The molecule has 1 aliphatic heterocycles. The summed E-state index contributed by atoms with van der Waals surface area (Å²) in [6.45, 7) is 8.52. The van der Waals surface area contributed by atoms with Crippen LogP contribution in [-0.4, -0.2) is 28.9 Å². The lowest BCUT2D eigenvalue weighted by Gasteiger charge is -2.59. The number of hydrogen-bond acceptors (Lipinski definition) is 5. The number of carbonyl (C=O) groups is 1. The lowest BCUT2D eigenvalue weighted by Crippen LogP contribution is -2.57. The Labute approximate surface area is 177 Å². The van der Waals surface area contributed by atoms with Gasteiger partial charge in [-0.25, -0.2) is 4.79 Å². The fraction of sp³-hybridized carbons (Fsp3) is 0.480. The van der Waals surface area contributed by atoms with Crippen LogP contribution in [0.5, 0.6) is 0 Å². The monoisotopic (exact) mass is 410 g/mol. The van der Waals surface area contributed by atoms with Crippen LogP contribution >= 0.6 is 0 Å². The minimum absolute atomic E-state index is 0.0320. The Kier molecular flexibility index (Phi) is 5.37. The Hall–Kier alpha value is -2.37. The Morgan fingerprint density at radius 1 is 1.33 bits per heavy atom. The number of hydrogen-bond donors (Lipinski definition) is 2. The third-order valence-corrected chi connectivity index (χ3v) is 7.59. The van der Waals surface area contributed by atoms with Crippen LogP contribution in [0.2, 0.25) is 0 Å². The zero-order valence-electron chi connectivity index (χ0n) is 17.6. The van der Waals surface area contributed by atoms with Gasteiger partial charge in [-0.05, 0) is 55.2 Å². The van der Waals surface area contributed by atoms with Crippen molar-refractivity contribution in [3.63, 3.8) is 0 Å². The molecule has 0 aromatic carbocycles. The summed E-state index contributed by atoms with van der Waals surface area (Å²) in [6.07, 6.45) is 11.6. The molecule has 0 spiro atoms. The van der Waals surface area contributed by atoms with Gasteiger partial charge in [0.05, 0.1) is 24.5 Å². The molecule has 0 amide bonds. The Balaban J connectivity index is 1.61. The van der Waals surface area contributed by atoms with E-state index in [4.69, 9.17) is 9.15 Å². The summed E-state index contributed by atoms with van der Waals surface area (Å²) in [5, 5.41) is 20.7. The third kappa shape index (κ3) is 3.40. The molecular formula is C25H30O5. The van der Waals surface area contributed by atoms with E-state index in [1.807, 2.05) is 13.0 Å². The van der Waals surface area contributed by atoms with E-state index in [1.165, 1.54) is 0 Å². The molecule has 0 saturated heterocycles. The van der Waals surface area contributed by atoms with Crippen LogP contribution in [0.1, 0.15) is 45.3 Å². The molecule has 0 radical (unpaired) electrons. The average molecular weight is 411 g/mol. The highest BCUT2D eigenvalue weighted by Gasteiger charge is 2.57. The van der Waals surface area contributed by atoms with Crippen LogP contribution in [0.4, 0.5) is 0 Å². The SMILES string of the molecule is C=C1CC[C@@H]2[C@](C)(CO)[C@H](O)CC[C@@]2(C)[C@@H]1/C=C/C1=CC(=C/c2ccco2)/OC1=O. The van der Waals surface area contributed by atoms with Gasteiger partial charge in [0, 0.05) is 17.4 Å². The molecule has 2 N–H and O–H groups in total. The largest absolute Gasteiger partial charge is 0.465 e. The molecule has 0 bridgehead atoms. The highest BCUT2D eigenvalue weighted by Crippen LogP contribution is 2.61. The number of allylic oxidation sites excluding steroid dienone is 3. The lowest BCUT2D eigenvalue weighted by molar-refractivity contribution is -0.145. The maximum Gasteiger partial charge on any atom is 0.343 e. The summed E-state index contributed by atoms with van der Waals surface area (Å²) >= 11 is 0. The molecular weight excluding hydrogens is 380 g/mol. The van der Waals surface area contributed by atoms with Gasteiger partial charge in [-0.3, -0.25) is 0 Å². The highest BCUT2D eigenvalue weighted by atomic mass is 16.5. The van der Waals surface area contributed by atoms with Gasteiger partial charge in [0.15, 0.2) is 0 Å². The highest BCUT2D eigenvalue weighted by molar-refractivity contribution is 5.96. The zero-order valence-corrected chi connectivity index (χ0v) is 17.6. The fourth-order valence-corrected chi connectivity index (χ4v) is 5.80. The molecule has 0 unspecified atom stereocenters. The molecule has 5 heteroatoms. The van der Waals surface area contributed by atoms with Crippen LogP contribution in [0, 0.1) is 22.7 Å². The van der Waals surface area contributed by atoms with E-state index in [0.717, 1.165) is 24.8 Å². The van der Waals surface area contributed by atoms with E-state index in [0.29, 0.717) is 23.5 Å². The van der Waals surface area contributed by atoms with E-state index < -0.39 is 11.5 Å². The summed E-state index contributed by atoms with van der Waals surface area (Å²) in [6, 6.07) is 3.58. The molecule has 160 valence electrons. The first-order chi connectivity index (χ1) is 14.3. The van der Waals surface area contributed by atoms with E-state index in [1.54, 1.807) is 30.5 Å². The second-order valence-corrected chi connectivity index (χ2v) is 9.36. The predicted molar refractivity (Wildman–Crippen MR) is 114 cm³/mol. The minimum Gasteiger partial charge on any atom is -0.465 e. The first-order valence-electron chi connectivity index (χ1n) is 10.6. The summed E-state index contributed by atoms with van der Waals surface area (Å²) < 4.78 is 10.6. The molecule has 3 aliphatic rings. The van der Waals surface area contributed by atoms with Crippen molar-refractivity contribution in [1.29, 1.82) is 0 Å². The quantitative estimate of drug-likeness (QED) is 0.568. The number of ether oxygens (including phenoxy) is 1. The topological polar surface area (TPSA) is 79.9 Å². The Bertz CT molecular complexity index is 921. The molecule has 1 aromatic heterocycles. The normalized spacial score (nSPS) is 38.1. The second-order valence-electron chi connectivity index (χ2n) is 9.36. The van der Waals surface area contributed by atoms with Crippen LogP contribution < -0.4 is 0 Å². The van der Waals surface area contributed by atoms with Gasteiger partial charge in [0.25, 0.3) is 0 Å². The molecule has 2 saturated carbocycles.